The third-order valence-corrected chi connectivity index (χ3v) is 18.1. The normalized spacial score (nSPS) is 53.4. The van der Waals surface area contributed by atoms with E-state index in [-0.39, 0.29) is 73.1 Å². The fourth-order valence-electron chi connectivity index (χ4n) is 13.4. The van der Waals surface area contributed by atoms with E-state index in [1.54, 1.807) is 28.1 Å². The van der Waals surface area contributed by atoms with Crippen LogP contribution in [0.4, 0.5) is 0 Å². The predicted molar refractivity (Wildman–Crippen MR) is 245 cm³/mol. The van der Waals surface area contributed by atoms with Crippen LogP contribution in [-0.2, 0) is 66.5 Å². The Morgan fingerprint density at radius 3 is 2.10 bits per heavy atom. The summed E-state index contributed by atoms with van der Waals surface area (Å²) in [5.41, 5.74) is -1.55. The molecule has 18 heteroatoms. The zero-order chi connectivity index (χ0) is 50.0. The highest BCUT2D eigenvalue weighted by Crippen LogP contribution is 2.54. The van der Waals surface area contributed by atoms with Gasteiger partial charge in [-0.2, -0.15) is 5.26 Å². The molecule has 0 amide bonds. The van der Waals surface area contributed by atoms with Crippen molar-refractivity contribution < 1.29 is 87.1 Å². The van der Waals surface area contributed by atoms with Gasteiger partial charge in [-0.25, -0.2) is 4.79 Å². The fraction of sp³-hybridized carbons (Fsp3) is 0.980. The second-order valence-electron chi connectivity index (χ2n) is 23.1. The number of carbonyl (C=O) groups is 1. The molecule has 0 bridgehead atoms. The Hall–Kier alpha value is -1.17. The summed E-state index contributed by atoms with van der Waals surface area (Å²) in [5.74, 6) is -4.27. The maximum Gasteiger partial charge on any atom is 0.344 e. The summed E-state index contributed by atoms with van der Waals surface area (Å²) in [6, 6.07) is 0. The molecule has 0 aromatic carbocycles. The largest absolute Gasteiger partial charge is 0.393 e. The zero-order valence-electron chi connectivity index (χ0n) is 43.2. The molecule has 0 radical (unpaired) electrons. The van der Waals surface area contributed by atoms with Gasteiger partial charge in [0.1, 0.15) is 12.2 Å². The van der Waals surface area contributed by atoms with Gasteiger partial charge < -0.3 is 77.0 Å². The van der Waals surface area contributed by atoms with Gasteiger partial charge in [0, 0.05) is 70.0 Å². The Morgan fingerprint density at radius 1 is 0.710 bits per heavy atom. The quantitative estimate of drug-likeness (QED) is 0.131. The molecule has 8 aliphatic rings. The van der Waals surface area contributed by atoms with E-state index in [1.165, 1.54) is 0 Å². The molecule has 0 aromatic heterocycles. The van der Waals surface area contributed by atoms with Gasteiger partial charge in [0.25, 0.3) is 0 Å². The fourth-order valence-corrected chi connectivity index (χ4v) is 13.4. The Balaban J connectivity index is 0.985. The van der Waals surface area contributed by atoms with E-state index in [0.29, 0.717) is 51.4 Å². The number of hydrogen-bond donors (Lipinski definition) is 4. The summed E-state index contributed by atoms with van der Waals surface area (Å²) in [5, 5.41) is 42.8. The molecule has 6 unspecified atom stereocenters. The van der Waals surface area contributed by atoms with E-state index in [9.17, 15) is 25.4 Å². The van der Waals surface area contributed by atoms with Crippen LogP contribution in [-0.4, -0.2) is 168 Å². The second-order valence-corrected chi connectivity index (χ2v) is 23.1. The van der Waals surface area contributed by atoms with Gasteiger partial charge in [0.2, 0.25) is 0 Å². The van der Waals surface area contributed by atoms with Gasteiger partial charge in [-0.3, -0.25) is 0 Å². The monoisotopic (exact) mass is 987 g/mol. The number of hydrogen-bond acceptors (Lipinski definition) is 18. The van der Waals surface area contributed by atoms with Crippen LogP contribution >= 0.6 is 0 Å². The van der Waals surface area contributed by atoms with Gasteiger partial charge in [0.15, 0.2) is 24.2 Å². The number of carbonyl (C=O) groups excluding carboxylic acids is 1. The van der Waals surface area contributed by atoms with Crippen LogP contribution in [0.1, 0.15) is 146 Å². The van der Waals surface area contributed by atoms with Crippen molar-refractivity contribution in [3.8, 4) is 0 Å². The first-order valence-electron chi connectivity index (χ1n) is 26.2. The average molecular weight is 987 g/mol. The van der Waals surface area contributed by atoms with E-state index < -0.39 is 102 Å². The van der Waals surface area contributed by atoms with E-state index >= 15 is 0 Å². The standard InChI is InChI=1S/C51H86O18/c1-25-21-26(2)50(10,55)66-42(25)36-22-37(61-40-16-14-34(57-11)31(7)60-40)47(63-36)49(9)18-17-38(65-49)48(8)19-20-51(69-48)24-33(53)27(3)43(67-51)29(5)45-46(58-12)44(28(4)35(62-45)23-39(54)68-56)64-41-15-13-32(52)30(6)59-41/h25-38,40-47,52-53,55-56H,13-24H2,1-12H3/t25-,26+,27+,28-,29+,30+,31+,32-,33-,34-,35+,36+,37-,38?,40-,41-,42?,43?,44-,45?,46-,47?,48-,49-,50-,51?/m0/s1. The highest BCUT2D eigenvalue weighted by Gasteiger charge is 2.63. The van der Waals surface area contributed by atoms with Crippen LogP contribution in [0.5, 0.6) is 0 Å². The highest BCUT2D eigenvalue weighted by atomic mass is 17.1. The summed E-state index contributed by atoms with van der Waals surface area (Å²) >= 11 is 0. The number of aliphatic hydroxyl groups is 3. The van der Waals surface area contributed by atoms with Crippen molar-refractivity contribution in [3.05, 3.63) is 0 Å². The molecule has 8 aliphatic heterocycles. The molecule has 26 atom stereocenters. The van der Waals surface area contributed by atoms with Crippen LogP contribution in [0.25, 0.3) is 0 Å². The summed E-state index contributed by atoms with van der Waals surface area (Å²) in [6.07, 6.45) is -1.71. The van der Waals surface area contributed by atoms with Gasteiger partial charge >= 0.3 is 5.97 Å². The molecule has 69 heavy (non-hydrogen) atoms. The summed E-state index contributed by atoms with van der Waals surface area (Å²) in [7, 11) is 3.30. The molecule has 18 nitrogen and oxygen atoms in total. The number of aliphatic hydroxyl groups excluding tert-OH is 2. The lowest BCUT2D eigenvalue weighted by Crippen LogP contribution is -2.62. The van der Waals surface area contributed by atoms with Crippen molar-refractivity contribution >= 4 is 5.97 Å². The second kappa shape index (κ2) is 21.2. The number of rotatable bonds is 13. The van der Waals surface area contributed by atoms with Crippen LogP contribution in [0, 0.1) is 29.6 Å². The first kappa shape index (κ1) is 54.1. The molecule has 0 aromatic rings. The molecular formula is C51H86O18. The van der Waals surface area contributed by atoms with Gasteiger partial charge in [-0.15, -0.1) is 0 Å². The Morgan fingerprint density at radius 2 is 1.42 bits per heavy atom. The lowest BCUT2D eigenvalue weighted by atomic mass is 9.76. The summed E-state index contributed by atoms with van der Waals surface area (Å²) in [6.45, 7) is 19.8. The van der Waals surface area contributed by atoms with Crippen LogP contribution in [0.2, 0.25) is 0 Å². The number of ether oxygens (including phenoxy) is 12. The third-order valence-electron chi connectivity index (χ3n) is 18.1. The minimum Gasteiger partial charge on any atom is -0.393 e. The maximum absolute atomic E-state index is 12.5. The van der Waals surface area contributed by atoms with Gasteiger partial charge in [-0.1, -0.05) is 34.6 Å². The number of methoxy groups -OCH3 is 2. The Labute approximate surface area is 409 Å². The lowest BCUT2D eigenvalue weighted by Gasteiger charge is -2.52. The first-order valence-corrected chi connectivity index (χ1v) is 26.2. The summed E-state index contributed by atoms with van der Waals surface area (Å²) in [4.78, 5) is 16.6. The molecule has 1 spiro atoms. The van der Waals surface area contributed by atoms with Crippen LogP contribution in [0.3, 0.4) is 0 Å². The molecular weight excluding hydrogens is 901 g/mol. The first-order chi connectivity index (χ1) is 32.5. The molecule has 0 saturated carbocycles. The lowest BCUT2D eigenvalue weighted by molar-refractivity contribution is -0.344. The van der Waals surface area contributed by atoms with E-state index in [4.69, 9.17) is 56.8 Å². The zero-order valence-corrected chi connectivity index (χ0v) is 43.2. The minimum absolute atomic E-state index is 0.00419. The summed E-state index contributed by atoms with van der Waals surface area (Å²) < 4.78 is 79.5. The highest BCUT2D eigenvalue weighted by molar-refractivity contribution is 5.69. The molecule has 8 fully saturated rings. The van der Waals surface area contributed by atoms with E-state index in [1.807, 2.05) is 34.6 Å². The molecule has 0 aliphatic carbocycles. The van der Waals surface area contributed by atoms with E-state index in [0.717, 1.165) is 12.8 Å². The SMILES string of the molecule is CO[C@H]1CC[C@H](O[C@H]2C[C@H](C3O[C@](C)(O)[C@H](C)C[C@@H]3C)OC2[C@]2(C)CCC([C@]3(C)CCC4(C[C@H](O)[C@@H](C)C([C@@H](C)C5O[C@H](CC(=O)OO)[C@H](C)[C@H](O[C@H]6CC[C@H](O)[C@@H](C)O6)[C@@H]5OC)O4)O3)O2)O[C@@H]1C. The van der Waals surface area contributed by atoms with Crippen molar-refractivity contribution in [2.75, 3.05) is 14.2 Å². The van der Waals surface area contributed by atoms with Crippen molar-refractivity contribution in [1.29, 1.82) is 0 Å². The van der Waals surface area contributed by atoms with Crippen molar-refractivity contribution in [2.45, 2.75) is 273 Å². The topological polar surface area (TPSA) is 218 Å². The van der Waals surface area contributed by atoms with Gasteiger partial charge in [0.05, 0.1) is 97.0 Å². The molecule has 8 heterocycles. The van der Waals surface area contributed by atoms with Crippen LogP contribution in [0.15, 0.2) is 0 Å². The molecule has 4 N–H and O–H groups in total. The minimum atomic E-state index is -1.28. The molecule has 398 valence electrons. The predicted octanol–water partition coefficient (Wildman–Crippen LogP) is 5.56. The van der Waals surface area contributed by atoms with E-state index in [2.05, 4.69) is 25.7 Å². The maximum atomic E-state index is 12.5. The average Bonchev–Trinajstić information content (AvgIpc) is 4.02. The van der Waals surface area contributed by atoms with Crippen molar-refractivity contribution in [2.24, 2.45) is 29.6 Å². The Kier molecular flexibility index (Phi) is 16.6. The third kappa shape index (κ3) is 11.0. The van der Waals surface area contributed by atoms with Crippen LogP contribution < -0.4 is 0 Å². The van der Waals surface area contributed by atoms with Crippen molar-refractivity contribution in [1.82, 2.24) is 0 Å². The molecule has 8 saturated heterocycles. The smallest absolute Gasteiger partial charge is 0.344 e. The molecule has 8 rings (SSSR count). The van der Waals surface area contributed by atoms with Gasteiger partial charge in [-0.05, 0) is 79.1 Å². The Bertz CT molecular complexity index is 1720. The van der Waals surface area contributed by atoms with Crippen molar-refractivity contribution in [3.63, 3.8) is 0 Å².